The van der Waals surface area contributed by atoms with Gasteiger partial charge in [-0.3, -0.25) is 0 Å². The Kier molecular flexibility index (Phi) is 5.70. The highest BCUT2D eigenvalue weighted by molar-refractivity contribution is 9.10. The van der Waals surface area contributed by atoms with E-state index in [9.17, 15) is 26.3 Å². The number of aromatic nitrogens is 1. The molecule has 20 heavy (non-hydrogen) atoms. The lowest BCUT2D eigenvalue weighted by Crippen LogP contribution is -2.37. The first-order valence-corrected chi connectivity index (χ1v) is 7.06. The van der Waals surface area contributed by atoms with Gasteiger partial charge in [0, 0.05) is 22.5 Å². The van der Waals surface area contributed by atoms with Crippen molar-refractivity contribution in [2.45, 2.75) is 12.4 Å². The van der Waals surface area contributed by atoms with Gasteiger partial charge in [-0.05, 0) is 22.0 Å². The Morgan fingerprint density at radius 3 is 2.20 bits per heavy atom. The van der Waals surface area contributed by atoms with E-state index in [0.717, 1.165) is 6.20 Å². The van der Waals surface area contributed by atoms with Gasteiger partial charge in [-0.15, -0.1) is 0 Å². The maximum atomic E-state index is 12.9. The highest BCUT2D eigenvalue weighted by Crippen LogP contribution is 2.37. The Balaban J connectivity index is 3.26. The number of nitrogens with zero attached hydrogens (tertiary/aromatic N) is 2. The standard InChI is InChI=1S/C10H8Br2F6N2/c11-1-2-20(5-9(13,14)15)8-7(10(16,17)18)3-6(12)4-19-8/h3-4H,1-2,5H2. The van der Waals surface area contributed by atoms with Crippen LogP contribution in [0.2, 0.25) is 0 Å². The lowest BCUT2D eigenvalue weighted by molar-refractivity contribution is -0.138. The molecule has 10 heteroatoms. The molecule has 0 fully saturated rings. The van der Waals surface area contributed by atoms with Crippen molar-refractivity contribution >= 4 is 37.7 Å². The van der Waals surface area contributed by atoms with Gasteiger partial charge in [0.05, 0.1) is 5.56 Å². The second-order valence-corrected chi connectivity index (χ2v) is 5.46. The average molecular weight is 430 g/mol. The Bertz CT molecular complexity index is 460. The zero-order valence-electron chi connectivity index (χ0n) is 9.69. The van der Waals surface area contributed by atoms with Crippen molar-refractivity contribution < 1.29 is 26.3 Å². The third-order valence-electron chi connectivity index (χ3n) is 2.16. The molecule has 0 saturated carbocycles. The summed E-state index contributed by atoms with van der Waals surface area (Å²) < 4.78 is 76.0. The molecule has 0 aliphatic carbocycles. The van der Waals surface area contributed by atoms with Crippen molar-refractivity contribution in [3.05, 3.63) is 22.3 Å². The van der Waals surface area contributed by atoms with Crippen LogP contribution in [-0.4, -0.2) is 29.6 Å². The molecule has 1 aromatic rings. The third-order valence-corrected chi connectivity index (χ3v) is 2.95. The Morgan fingerprint density at radius 1 is 1.15 bits per heavy atom. The Labute approximate surface area is 127 Å². The summed E-state index contributed by atoms with van der Waals surface area (Å²) in [6.07, 6.45) is -8.38. The zero-order valence-corrected chi connectivity index (χ0v) is 12.9. The predicted octanol–water partition coefficient (Wildman–Crippen LogP) is 4.63. The van der Waals surface area contributed by atoms with Gasteiger partial charge in [0.15, 0.2) is 0 Å². The second kappa shape index (κ2) is 6.50. The van der Waals surface area contributed by atoms with E-state index < -0.39 is 30.3 Å². The van der Waals surface area contributed by atoms with E-state index in [4.69, 9.17) is 0 Å². The van der Waals surface area contributed by atoms with Crippen LogP contribution in [0, 0.1) is 0 Å². The molecule has 1 aromatic heterocycles. The van der Waals surface area contributed by atoms with Crippen LogP contribution < -0.4 is 4.90 Å². The summed E-state index contributed by atoms with van der Waals surface area (Å²) in [5.41, 5.74) is -1.21. The number of pyridine rings is 1. The summed E-state index contributed by atoms with van der Waals surface area (Å²) >= 11 is 5.74. The molecular weight excluding hydrogens is 422 g/mol. The summed E-state index contributed by atoms with van der Waals surface area (Å²) in [5, 5.41) is 0.0815. The Hall–Kier alpha value is -0.510. The maximum absolute atomic E-state index is 12.9. The molecule has 0 amide bonds. The van der Waals surface area contributed by atoms with Crippen LogP contribution in [0.1, 0.15) is 5.56 Å². The first-order valence-electron chi connectivity index (χ1n) is 5.15. The molecule has 0 unspecified atom stereocenters. The van der Waals surface area contributed by atoms with Crippen LogP contribution in [0.4, 0.5) is 32.2 Å². The highest BCUT2D eigenvalue weighted by atomic mass is 79.9. The quantitative estimate of drug-likeness (QED) is 0.512. The minimum Gasteiger partial charge on any atom is -0.346 e. The normalized spacial score (nSPS) is 12.6. The van der Waals surface area contributed by atoms with Gasteiger partial charge in [-0.2, -0.15) is 26.3 Å². The van der Waals surface area contributed by atoms with Crippen molar-refractivity contribution in [1.29, 1.82) is 0 Å². The van der Waals surface area contributed by atoms with Gasteiger partial charge in [0.25, 0.3) is 0 Å². The Morgan fingerprint density at radius 2 is 1.75 bits per heavy atom. The zero-order chi connectivity index (χ0) is 15.6. The molecule has 0 aliphatic heterocycles. The summed E-state index contributed by atoms with van der Waals surface area (Å²) in [7, 11) is 0. The molecule has 0 spiro atoms. The fourth-order valence-corrected chi connectivity index (χ4v) is 2.23. The molecule has 0 bridgehead atoms. The fraction of sp³-hybridized carbons (Fsp3) is 0.500. The number of hydrogen-bond acceptors (Lipinski definition) is 2. The molecule has 0 aliphatic rings. The molecule has 114 valence electrons. The van der Waals surface area contributed by atoms with Crippen molar-refractivity contribution in [2.75, 3.05) is 23.3 Å². The molecule has 0 radical (unpaired) electrons. The monoisotopic (exact) mass is 428 g/mol. The predicted molar refractivity (Wildman–Crippen MR) is 69.0 cm³/mol. The molecule has 0 N–H and O–H groups in total. The smallest absolute Gasteiger partial charge is 0.346 e. The van der Waals surface area contributed by atoms with Crippen molar-refractivity contribution in [2.24, 2.45) is 0 Å². The second-order valence-electron chi connectivity index (χ2n) is 3.75. The van der Waals surface area contributed by atoms with Crippen LogP contribution in [-0.2, 0) is 6.18 Å². The highest BCUT2D eigenvalue weighted by Gasteiger charge is 2.39. The van der Waals surface area contributed by atoms with Crippen molar-refractivity contribution in [3.63, 3.8) is 0 Å². The number of anilines is 1. The van der Waals surface area contributed by atoms with Crippen LogP contribution in [0.3, 0.4) is 0 Å². The van der Waals surface area contributed by atoms with Crippen LogP contribution in [0.25, 0.3) is 0 Å². The maximum Gasteiger partial charge on any atom is 0.419 e. The van der Waals surface area contributed by atoms with Gasteiger partial charge in [-0.25, -0.2) is 4.98 Å². The van der Waals surface area contributed by atoms with E-state index >= 15 is 0 Å². The summed E-state index contributed by atoms with van der Waals surface area (Å²) in [6, 6.07) is 0.708. The number of alkyl halides is 7. The van der Waals surface area contributed by atoms with E-state index in [1.54, 1.807) is 0 Å². The fourth-order valence-electron chi connectivity index (χ4n) is 1.47. The first kappa shape index (κ1) is 17.5. The molecule has 1 heterocycles. The average Bonchev–Trinajstić information content (AvgIpc) is 2.25. The summed E-state index contributed by atoms with van der Waals surface area (Å²) in [5.74, 6) is -0.738. The van der Waals surface area contributed by atoms with Crippen LogP contribution >= 0.6 is 31.9 Å². The van der Waals surface area contributed by atoms with E-state index in [1.165, 1.54) is 0 Å². The van der Waals surface area contributed by atoms with E-state index in [0.29, 0.717) is 11.0 Å². The van der Waals surface area contributed by atoms with Crippen LogP contribution in [0.15, 0.2) is 16.7 Å². The van der Waals surface area contributed by atoms with Gasteiger partial charge in [0.2, 0.25) is 0 Å². The largest absolute Gasteiger partial charge is 0.419 e. The van der Waals surface area contributed by atoms with Crippen LogP contribution in [0.5, 0.6) is 0 Å². The molecule has 0 aromatic carbocycles. The number of rotatable bonds is 4. The molecule has 0 saturated heterocycles. The molecule has 0 atom stereocenters. The van der Waals surface area contributed by atoms with E-state index in [2.05, 4.69) is 36.8 Å². The number of halogens is 8. The van der Waals surface area contributed by atoms with Gasteiger partial charge < -0.3 is 4.90 Å². The van der Waals surface area contributed by atoms with E-state index in [-0.39, 0.29) is 16.3 Å². The SMILES string of the molecule is FC(F)(F)CN(CCBr)c1ncc(Br)cc1C(F)(F)F. The first-order chi connectivity index (χ1) is 9.04. The van der Waals surface area contributed by atoms with Gasteiger partial charge in [0.1, 0.15) is 12.4 Å². The topological polar surface area (TPSA) is 16.1 Å². The summed E-state index contributed by atoms with van der Waals surface area (Å²) in [6.45, 7) is -1.76. The minimum atomic E-state index is -4.79. The molecular formula is C10H8Br2F6N2. The van der Waals surface area contributed by atoms with Crippen molar-refractivity contribution in [3.8, 4) is 0 Å². The van der Waals surface area contributed by atoms with E-state index in [1.807, 2.05) is 0 Å². The summed E-state index contributed by atoms with van der Waals surface area (Å²) in [4.78, 5) is 4.03. The third kappa shape index (κ3) is 5.12. The van der Waals surface area contributed by atoms with Gasteiger partial charge in [-0.1, -0.05) is 15.9 Å². The molecule has 1 rings (SSSR count). The number of hydrogen-bond donors (Lipinski definition) is 0. The van der Waals surface area contributed by atoms with Gasteiger partial charge >= 0.3 is 12.4 Å². The lowest BCUT2D eigenvalue weighted by Gasteiger charge is -2.26. The molecule has 2 nitrogen and oxygen atoms in total. The van der Waals surface area contributed by atoms with Crippen molar-refractivity contribution in [1.82, 2.24) is 4.98 Å². The minimum absolute atomic E-state index is 0.0411. The lowest BCUT2D eigenvalue weighted by atomic mass is 10.2.